The normalized spacial score (nSPS) is 17.7. The summed E-state index contributed by atoms with van der Waals surface area (Å²) in [5.41, 5.74) is -0.243. The first-order chi connectivity index (χ1) is 21.4. The van der Waals surface area contributed by atoms with Crippen LogP contribution in [0.5, 0.6) is 0 Å². The maximum Gasteiger partial charge on any atom is 0.433 e. The molecule has 1 fully saturated rings. The maximum atomic E-state index is 14.4. The van der Waals surface area contributed by atoms with Crippen LogP contribution in [0.15, 0.2) is 60.9 Å². The van der Waals surface area contributed by atoms with Gasteiger partial charge in [-0.25, -0.2) is 4.39 Å². The van der Waals surface area contributed by atoms with Crippen LogP contribution < -0.4 is 0 Å². The van der Waals surface area contributed by atoms with Crippen LogP contribution in [0.2, 0.25) is 5.02 Å². The first-order valence-corrected chi connectivity index (χ1v) is 15.0. The summed E-state index contributed by atoms with van der Waals surface area (Å²) in [6.07, 6.45) is -1.75. The summed E-state index contributed by atoms with van der Waals surface area (Å²) in [5, 5.41) is 13.9. The molecular formula is C33H30ClF4N3O4. The number of aryl methyl sites for hydroxylation is 1. The number of carbonyl (C=O) groups is 3. The Balaban J connectivity index is 1.42. The number of carboxylic acid groups (broad SMARTS) is 1. The molecule has 0 radical (unpaired) electrons. The average Bonchev–Trinajstić information content (AvgIpc) is 3.47. The molecule has 1 unspecified atom stereocenters. The minimum atomic E-state index is -4.89. The van der Waals surface area contributed by atoms with Gasteiger partial charge >= 0.3 is 12.1 Å². The molecule has 5 rings (SSSR count). The zero-order valence-electron chi connectivity index (χ0n) is 24.1. The second-order valence-electron chi connectivity index (χ2n) is 11.5. The van der Waals surface area contributed by atoms with Crippen LogP contribution in [0.25, 0.3) is 10.9 Å². The van der Waals surface area contributed by atoms with Gasteiger partial charge in [0.2, 0.25) is 0 Å². The summed E-state index contributed by atoms with van der Waals surface area (Å²) < 4.78 is 57.5. The van der Waals surface area contributed by atoms with E-state index in [1.54, 1.807) is 36.4 Å². The van der Waals surface area contributed by atoms with Crippen molar-refractivity contribution in [1.82, 2.24) is 14.8 Å². The highest BCUT2D eigenvalue weighted by Crippen LogP contribution is 2.39. The van der Waals surface area contributed by atoms with E-state index in [-0.39, 0.29) is 61.3 Å². The van der Waals surface area contributed by atoms with Gasteiger partial charge in [-0.1, -0.05) is 41.9 Å². The summed E-state index contributed by atoms with van der Waals surface area (Å²) in [6, 6.07) is 12.0. The summed E-state index contributed by atoms with van der Waals surface area (Å²) in [6.45, 7) is 0. The molecule has 12 heteroatoms. The minimum Gasteiger partial charge on any atom is -0.481 e. The number of para-hydroxylation sites is 1. The van der Waals surface area contributed by atoms with Gasteiger partial charge in [-0.2, -0.15) is 18.3 Å². The minimum absolute atomic E-state index is 0.126. The lowest BCUT2D eigenvalue weighted by atomic mass is 9.85. The Morgan fingerprint density at radius 2 is 1.62 bits per heavy atom. The van der Waals surface area contributed by atoms with Crippen molar-refractivity contribution >= 4 is 40.0 Å². The molecule has 0 amide bonds. The van der Waals surface area contributed by atoms with E-state index in [0.717, 1.165) is 16.4 Å². The van der Waals surface area contributed by atoms with E-state index in [4.69, 9.17) is 11.6 Å². The highest BCUT2D eigenvalue weighted by atomic mass is 35.5. The molecule has 7 nitrogen and oxygen atoms in total. The van der Waals surface area contributed by atoms with Crippen molar-refractivity contribution in [2.24, 2.45) is 11.8 Å². The molecule has 0 aliphatic heterocycles. The number of Topliss-reactive ketones (excluding diaryl/α,β-unsaturated/α-hetero) is 2. The van der Waals surface area contributed by atoms with E-state index in [2.05, 4.69) is 10.1 Å². The molecule has 1 saturated carbocycles. The van der Waals surface area contributed by atoms with E-state index in [9.17, 15) is 37.1 Å². The summed E-state index contributed by atoms with van der Waals surface area (Å²) in [5.74, 6) is -3.89. The Hall–Kier alpha value is -4.12. The molecule has 1 aliphatic carbocycles. The number of pyridine rings is 1. The quantitative estimate of drug-likeness (QED) is 0.131. The van der Waals surface area contributed by atoms with Crippen molar-refractivity contribution in [3.63, 3.8) is 0 Å². The molecular weight excluding hydrogens is 614 g/mol. The highest BCUT2D eigenvalue weighted by Gasteiger charge is 2.42. The smallest absolute Gasteiger partial charge is 0.433 e. The van der Waals surface area contributed by atoms with Gasteiger partial charge in [-0.3, -0.25) is 24.0 Å². The Kier molecular flexibility index (Phi) is 9.67. The highest BCUT2D eigenvalue weighted by molar-refractivity contribution is 6.35. The van der Waals surface area contributed by atoms with E-state index in [0.29, 0.717) is 17.3 Å². The first kappa shape index (κ1) is 32.3. The standard InChI is InChI=1S/C33H30ClF4N3O4/c34-26-18-39-27-4-2-1-3-24(27)30(26)29(43)16-20(6-5-19-7-11-22(35)12-8-19)15-28(42)25-17-40-41(31(25)33(36,37)38)23-13-9-21(10-14-23)32(44)45/h1-4,7-8,11-12,17-18,20-21,23H,5-6,9-10,13-16H2,(H,44,45). The zero-order chi connectivity index (χ0) is 32.3. The van der Waals surface area contributed by atoms with Gasteiger partial charge in [-0.15, -0.1) is 0 Å². The number of aromatic nitrogens is 3. The van der Waals surface area contributed by atoms with Crippen molar-refractivity contribution in [3.8, 4) is 0 Å². The lowest BCUT2D eigenvalue weighted by Gasteiger charge is -2.28. The number of aliphatic carboxylic acids is 1. The molecule has 45 heavy (non-hydrogen) atoms. The number of nitrogens with zero attached hydrogens (tertiary/aromatic N) is 3. The second-order valence-corrected chi connectivity index (χ2v) is 11.9. The molecule has 0 spiro atoms. The number of hydrogen-bond acceptors (Lipinski definition) is 5. The van der Waals surface area contributed by atoms with Crippen molar-refractivity contribution in [3.05, 3.63) is 94.1 Å². The third kappa shape index (κ3) is 7.41. The van der Waals surface area contributed by atoms with E-state index in [1.807, 2.05) is 0 Å². The van der Waals surface area contributed by atoms with Gasteiger partial charge in [0.05, 0.1) is 34.3 Å². The van der Waals surface area contributed by atoms with E-state index in [1.165, 1.54) is 18.3 Å². The molecule has 0 saturated heterocycles. The number of fused-ring (bicyclic) bond motifs is 1. The van der Waals surface area contributed by atoms with E-state index >= 15 is 0 Å². The molecule has 2 aromatic heterocycles. The number of ketones is 2. The van der Waals surface area contributed by atoms with Crippen LogP contribution in [0, 0.1) is 17.7 Å². The molecule has 1 aliphatic rings. The molecule has 1 N–H and O–H groups in total. The van der Waals surface area contributed by atoms with Gasteiger partial charge in [0.25, 0.3) is 0 Å². The number of carbonyl (C=O) groups excluding carboxylic acids is 2. The number of benzene rings is 2. The van der Waals surface area contributed by atoms with Crippen molar-refractivity contribution in [2.75, 3.05) is 0 Å². The van der Waals surface area contributed by atoms with Crippen molar-refractivity contribution in [2.45, 2.75) is 63.6 Å². The predicted octanol–water partition coefficient (Wildman–Crippen LogP) is 8.15. The zero-order valence-corrected chi connectivity index (χ0v) is 24.8. The number of alkyl halides is 3. The SMILES string of the molecule is O=C(CC(CCc1ccc(F)cc1)CC(=O)c1c(Cl)cnc2ccccc12)c1cnn(C2CCC(C(=O)O)CC2)c1C(F)(F)F. The number of hydrogen-bond donors (Lipinski definition) is 1. The molecule has 0 bridgehead atoms. The third-order valence-electron chi connectivity index (χ3n) is 8.47. The molecule has 2 heterocycles. The van der Waals surface area contributed by atoms with Gasteiger partial charge in [-0.05, 0) is 68.2 Å². The lowest BCUT2D eigenvalue weighted by Crippen LogP contribution is -2.27. The average molecular weight is 644 g/mol. The van der Waals surface area contributed by atoms with Crippen LogP contribution in [0.3, 0.4) is 0 Å². The van der Waals surface area contributed by atoms with Gasteiger partial charge in [0.1, 0.15) is 5.82 Å². The Morgan fingerprint density at radius 3 is 2.29 bits per heavy atom. The summed E-state index contributed by atoms with van der Waals surface area (Å²) in [4.78, 5) is 42.8. The van der Waals surface area contributed by atoms with Crippen LogP contribution in [-0.4, -0.2) is 37.4 Å². The number of carboxylic acids is 1. The van der Waals surface area contributed by atoms with Gasteiger partial charge in [0, 0.05) is 30.0 Å². The maximum absolute atomic E-state index is 14.4. The molecule has 2 aromatic carbocycles. The van der Waals surface area contributed by atoms with Crippen molar-refractivity contribution < 1.29 is 37.1 Å². The molecule has 4 aromatic rings. The van der Waals surface area contributed by atoms with Crippen molar-refractivity contribution in [1.29, 1.82) is 0 Å². The Labute approximate surface area is 261 Å². The van der Waals surface area contributed by atoms with Crippen LogP contribution in [0.4, 0.5) is 17.6 Å². The number of rotatable bonds is 11. The molecule has 236 valence electrons. The topological polar surface area (TPSA) is 102 Å². The number of halogens is 5. The van der Waals surface area contributed by atoms with Gasteiger partial charge < -0.3 is 5.11 Å². The fraction of sp³-hybridized carbons (Fsp3) is 0.364. The van der Waals surface area contributed by atoms with Crippen LogP contribution in [-0.2, 0) is 17.4 Å². The van der Waals surface area contributed by atoms with Crippen LogP contribution in [0.1, 0.15) is 83.0 Å². The van der Waals surface area contributed by atoms with Gasteiger partial charge in [0.15, 0.2) is 17.3 Å². The second kappa shape index (κ2) is 13.5. The van der Waals surface area contributed by atoms with E-state index < -0.39 is 52.9 Å². The summed E-state index contributed by atoms with van der Waals surface area (Å²) in [7, 11) is 0. The predicted molar refractivity (Wildman–Crippen MR) is 159 cm³/mol. The first-order valence-electron chi connectivity index (χ1n) is 14.6. The Bertz CT molecular complexity index is 1710. The fourth-order valence-corrected chi connectivity index (χ4v) is 6.38. The molecule has 1 atom stereocenters. The Morgan fingerprint density at radius 1 is 0.956 bits per heavy atom. The summed E-state index contributed by atoms with van der Waals surface area (Å²) >= 11 is 6.39. The lowest BCUT2D eigenvalue weighted by molar-refractivity contribution is -0.147. The fourth-order valence-electron chi connectivity index (χ4n) is 6.13. The monoisotopic (exact) mass is 643 g/mol. The van der Waals surface area contributed by atoms with Crippen LogP contribution >= 0.6 is 11.6 Å². The third-order valence-corrected chi connectivity index (χ3v) is 8.75. The largest absolute Gasteiger partial charge is 0.481 e.